The van der Waals surface area contributed by atoms with Crippen LogP contribution in [0.2, 0.25) is 10.0 Å². The Morgan fingerprint density at radius 3 is 2.60 bits per heavy atom. The molecule has 0 unspecified atom stereocenters. The molecule has 0 aliphatic heterocycles. The quantitative estimate of drug-likeness (QED) is 0.364. The number of halogens is 2. The van der Waals surface area contributed by atoms with E-state index in [1.54, 1.807) is 29.3 Å². The largest absolute Gasteiger partial charge is 0.485 e. The van der Waals surface area contributed by atoms with Crippen molar-refractivity contribution in [2.45, 2.75) is 20.5 Å². The Balaban J connectivity index is 1.62. The molecule has 8 heteroatoms. The molecule has 0 bridgehead atoms. The molecule has 0 saturated carbocycles. The van der Waals surface area contributed by atoms with Gasteiger partial charge in [-0.25, -0.2) is 9.67 Å². The van der Waals surface area contributed by atoms with Crippen molar-refractivity contribution in [3.63, 3.8) is 0 Å². The van der Waals surface area contributed by atoms with Crippen molar-refractivity contribution in [1.29, 1.82) is 0 Å². The molecule has 0 aliphatic rings. The number of benzene rings is 2. The van der Waals surface area contributed by atoms with E-state index < -0.39 is 0 Å². The first-order chi connectivity index (χ1) is 14.5. The lowest BCUT2D eigenvalue weighted by Gasteiger charge is -2.15. The van der Waals surface area contributed by atoms with Gasteiger partial charge in [-0.15, -0.1) is 5.10 Å². The van der Waals surface area contributed by atoms with Gasteiger partial charge < -0.3 is 9.30 Å². The highest BCUT2D eigenvalue weighted by atomic mass is 35.5. The molecular weight excluding hydrogens is 421 g/mol. The van der Waals surface area contributed by atoms with E-state index in [0.29, 0.717) is 21.5 Å². The molecule has 2 aromatic heterocycles. The molecule has 0 spiro atoms. The number of nitrogens with zero attached hydrogens (tertiary/aromatic N) is 5. The van der Waals surface area contributed by atoms with Gasteiger partial charge in [-0.05, 0) is 44.2 Å². The maximum absolute atomic E-state index is 6.45. The van der Waals surface area contributed by atoms with Gasteiger partial charge in [-0.3, -0.25) is 0 Å². The lowest BCUT2D eigenvalue weighted by atomic mass is 10.1. The van der Waals surface area contributed by atoms with Crippen molar-refractivity contribution >= 4 is 34.7 Å². The summed E-state index contributed by atoms with van der Waals surface area (Å²) in [5.41, 5.74) is 4.38. The average molecular weight is 440 g/mol. The second-order valence-corrected chi connectivity index (χ2v) is 7.63. The van der Waals surface area contributed by atoms with Crippen LogP contribution in [0.3, 0.4) is 0 Å². The van der Waals surface area contributed by atoms with Crippen LogP contribution in [-0.4, -0.2) is 24.5 Å². The van der Waals surface area contributed by atoms with E-state index >= 15 is 0 Å². The molecule has 0 amide bonds. The minimum absolute atomic E-state index is 0.228. The Labute approximate surface area is 184 Å². The van der Waals surface area contributed by atoms with Crippen LogP contribution in [0.1, 0.15) is 23.7 Å². The second-order valence-electron chi connectivity index (χ2n) is 6.79. The van der Waals surface area contributed by atoms with Crippen LogP contribution >= 0.6 is 23.2 Å². The molecule has 0 atom stereocenters. The highest BCUT2D eigenvalue weighted by Gasteiger charge is 2.15. The zero-order valence-electron chi connectivity index (χ0n) is 16.5. The molecule has 6 nitrogen and oxygen atoms in total. The first-order valence-electron chi connectivity index (χ1n) is 9.27. The maximum Gasteiger partial charge on any atom is 0.148 e. The van der Waals surface area contributed by atoms with E-state index in [1.807, 2.05) is 61.1 Å². The number of imidazole rings is 1. The lowest BCUT2D eigenvalue weighted by Crippen LogP contribution is -2.01. The minimum Gasteiger partial charge on any atom is -0.485 e. The zero-order valence-corrected chi connectivity index (χ0v) is 18.0. The van der Waals surface area contributed by atoms with Gasteiger partial charge in [0, 0.05) is 23.0 Å². The number of hydrogen-bond donors (Lipinski definition) is 0. The molecule has 2 aromatic carbocycles. The van der Waals surface area contributed by atoms with Crippen molar-refractivity contribution < 1.29 is 4.74 Å². The molecule has 30 heavy (non-hydrogen) atoms. The van der Waals surface area contributed by atoms with E-state index in [4.69, 9.17) is 27.9 Å². The molecule has 152 valence electrons. The van der Waals surface area contributed by atoms with Crippen molar-refractivity contribution in [3.8, 4) is 5.69 Å². The average Bonchev–Trinajstić information content (AvgIpc) is 3.42. The predicted octanol–water partition coefficient (Wildman–Crippen LogP) is 5.64. The summed E-state index contributed by atoms with van der Waals surface area (Å²) in [6, 6.07) is 13.4. The molecule has 0 N–H and O–H groups in total. The van der Waals surface area contributed by atoms with Gasteiger partial charge in [-0.1, -0.05) is 46.1 Å². The summed E-state index contributed by atoms with van der Waals surface area (Å²) >= 11 is 12.5. The van der Waals surface area contributed by atoms with E-state index in [2.05, 4.69) is 15.3 Å². The summed E-state index contributed by atoms with van der Waals surface area (Å²) in [4.78, 5) is 4.11. The maximum atomic E-state index is 6.45. The summed E-state index contributed by atoms with van der Waals surface area (Å²) in [7, 11) is 0. The highest BCUT2D eigenvalue weighted by molar-refractivity contribution is 6.35. The van der Waals surface area contributed by atoms with Gasteiger partial charge in [0.15, 0.2) is 0 Å². The molecule has 0 aliphatic carbocycles. The van der Waals surface area contributed by atoms with Crippen LogP contribution in [0, 0.1) is 6.92 Å². The molecule has 0 fully saturated rings. The number of rotatable bonds is 6. The first kappa shape index (κ1) is 20.2. The third kappa shape index (κ3) is 4.40. The molecular formula is C22H19Cl2N5O. The van der Waals surface area contributed by atoms with Crippen LogP contribution in [-0.2, 0) is 11.3 Å². The van der Waals surface area contributed by atoms with Crippen LogP contribution in [0.15, 0.2) is 67.4 Å². The van der Waals surface area contributed by atoms with Gasteiger partial charge in [0.25, 0.3) is 0 Å². The fraction of sp³-hybridized carbons (Fsp3) is 0.136. The third-order valence-electron chi connectivity index (χ3n) is 4.60. The molecule has 0 saturated heterocycles. The topological polar surface area (TPSA) is 57.8 Å². The van der Waals surface area contributed by atoms with Crippen molar-refractivity contribution in [3.05, 3.63) is 94.2 Å². The van der Waals surface area contributed by atoms with Gasteiger partial charge in [0.1, 0.15) is 18.1 Å². The predicted molar refractivity (Wildman–Crippen MR) is 118 cm³/mol. The number of allylic oxidation sites excluding steroid dienone is 1. The lowest BCUT2D eigenvalue weighted by molar-refractivity contribution is 0.260. The Morgan fingerprint density at radius 2 is 1.90 bits per heavy atom. The number of hydrogen-bond acceptors (Lipinski definition) is 4. The SMILES string of the molecule is C/C(=C(/OCc1cn(-c2ccc(C)cc2)nn1)c1ccc(Cl)cc1Cl)n1ccnc1. The highest BCUT2D eigenvalue weighted by Crippen LogP contribution is 2.31. The van der Waals surface area contributed by atoms with E-state index in [1.165, 1.54) is 5.56 Å². The van der Waals surface area contributed by atoms with E-state index in [9.17, 15) is 0 Å². The standard InChI is InChI=1S/C22H19Cl2N5O/c1-15-3-6-19(7-4-15)29-12-18(26-27-29)13-30-22(16(2)28-10-9-25-14-28)20-8-5-17(23)11-21(20)24/h3-12,14H,13H2,1-2H3/b22-16-. The van der Waals surface area contributed by atoms with Crippen LogP contribution in [0.5, 0.6) is 0 Å². The number of aromatic nitrogens is 5. The smallest absolute Gasteiger partial charge is 0.148 e. The Bertz CT molecular complexity index is 1180. The summed E-state index contributed by atoms with van der Waals surface area (Å²) in [5.74, 6) is 0.611. The molecule has 4 rings (SSSR count). The van der Waals surface area contributed by atoms with Crippen molar-refractivity contribution in [2.75, 3.05) is 0 Å². The Kier molecular flexibility index (Phi) is 5.88. The normalized spacial score (nSPS) is 12.0. The fourth-order valence-electron chi connectivity index (χ4n) is 2.96. The molecule has 4 aromatic rings. The summed E-state index contributed by atoms with van der Waals surface area (Å²) in [6.07, 6.45) is 7.10. The fourth-order valence-corrected chi connectivity index (χ4v) is 3.45. The Hall–Kier alpha value is -3.09. The van der Waals surface area contributed by atoms with Crippen LogP contribution < -0.4 is 0 Å². The molecule has 0 radical (unpaired) electrons. The van der Waals surface area contributed by atoms with Crippen LogP contribution in [0.4, 0.5) is 0 Å². The summed E-state index contributed by atoms with van der Waals surface area (Å²) < 4.78 is 9.76. The monoisotopic (exact) mass is 439 g/mol. The molecule has 2 heterocycles. The second kappa shape index (κ2) is 8.73. The first-order valence-corrected chi connectivity index (χ1v) is 10.0. The van der Waals surface area contributed by atoms with Crippen molar-refractivity contribution in [1.82, 2.24) is 24.5 Å². The van der Waals surface area contributed by atoms with Gasteiger partial charge in [0.05, 0.1) is 28.9 Å². The van der Waals surface area contributed by atoms with E-state index in [-0.39, 0.29) is 6.61 Å². The number of aryl methyl sites for hydroxylation is 1. The zero-order chi connectivity index (χ0) is 21.1. The van der Waals surface area contributed by atoms with Gasteiger partial charge in [-0.2, -0.15) is 0 Å². The summed E-state index contributed by atoms with van der Waals surface area (Å²) in [5, 5.41) is 9.49. The van der Waals surface area contributed by atoms with Crippen LogP contribution in [0.25, 0.3) is 17.1 Å². The Morgan fingerprint density at radius 1 is 1.10 bits per heavy atom. The van der Waals surface area contributed by atoms with Gasteiger partial charge in [0.2, 0.25) is 0 Å². The third-order valence-corrected chi connectivity index (χ3v) is 5.15. The van der Waals surface area contributed by atoms with E-state index in [0.717, 1.165) is 16.9 Å². The van der Waals surface area contributed by atoms with Crippen molar-refractivity contribution in [2.24, 2.45) is 0 Å². The van der Waals surface area contributed by atoms with Gasteiger partial charge >= 0.3 is 0 Å². The summed E-state index contributed by atoms with van der Waals surface area (Å²) in [6.45, 7) is 4.21. The minimum atomic E-state index is 0.228. The number of ether oxygens (including phenoxy) is 1.